The Morgan fingerprint density at radius 3 is 2.53 bits per heavy atom. The summed E-state index contributed by atoms with van der Waals surface area (Å²) in [7, 11) is 5.09. The predicted molar refractivity (Wildman–Crippen MR) is 113 cm³/mol. The van der Waals surface area contributed by atoms with Crippen molar-refractivity contribution < 1.29 is 19.4 Å². The molecular weight excluding hydrogens is 384 g/mol. The summed E-state index contributed by atoms with van der Waals surface area (Å²) >= 11 is 0. The zero-order valence-electron chi connectivity index (χ0n) is 17.9. The second kappa shape index (κ2) is 7.68. The molecule has 1 aliphatic heterocycles. The maximum atomic E-state index is 13.3. The minimum Gasteiger partial charge on any atom is -0.497 e. The SMILES string of the molecule is COc1cc(OC)c2cc(C(=O)N3CCC(O)(Cn4ccnc4C)CC3)n(C)c2c1. The molecule has 0 unspecified atom stereocenters. The van der Waals surface area contributed by atoms with Gasteiger partial charge in [-0.2, -0.15) is 0 Å². The van der Waals surface area contributed by atoms with Crippen LogP contribution in [-0.2, 0) is 13.6 Å². The van der Waals surface area contributed by atoms with Gasteiger partial charge in [-0.3, -0.25) is 4.79 Å². The normalized spacial score (nSPS) is 16.1. The zero-order valence-corrected chi connectivity index (χ0v) is 17.9. The summed E-state index contributed by atoms with van der Waals surface area (Å²) in [6, 6.07) is 5.58. The molecule has 30 heavy (non-hydrogen) atoms. The molecule has 1 aromatic carbocycles. The van der Waals surface area contributed by atoms with Gasteiger partial charge in [0.1, 0.15) is 23.0 Å². The van der Waals surface area contributed by atoms with Crippen LogP contribution in [0.1, 0.15) is 29.2 Å². The molecule has 0 aliphatic carbocycles. The van der Waals surface area contributed by atoms with Crippen LogP contribution in [0.15, 0.2) is 30.6 Å². The zero-order chi connectivity index (χ0) is 21.5. The summed E-state index contributed by atoms with van der Waals surface area (Å²) in [5.41, 5.74) is 0.628. The van der Waals surface area contributed by atoms with Crippen molar-refractivity contribution in [1.29, 1.82) is 0 Å². The molecule has 1 amide bonds. The van der Waals surface area contributed by atoms with E-state index in [9.17, 15) is 9.90 Å². The molecule has 8 heteroatoms. The summed E-state index contributed by atoms with van der Waals surface area (Å²) in [6.45, 7) is 3.42. The maximum Gasteiger partial charge on any atom is 0.270 e. The fourth-order valence-corrected chi connectivity index (χ4v) is 4.20. The van der Waals surface area contributed by atoms with Crippen LogP contribution in [0.2, 0.25) is 0 Å². The van der Waals surface area contributed by atoms with Gasteiger partial charge in [0.05, 0.1) is 31.9 Å². The second-order valence-electron chi connectivity index (χ2n) is 7.97. The van der Waals surface area contributed by atoms with Gasteiger partial charge in [-0.1, -0.05) is 0 Å². The predicted octanol–water partition coefficient (Wildman–Crippen LogP) is 2.37. The molecule has 4 rings (SSSR count). The topological polar surface area (TPSA) is 81.8 Å². The number of methoxy groups -OCH3 is 2. The van der Waals surface area contributed by atoms with Crippen molar-refractivity contribution >= 4 is 16.8 Å². The van der Waals surface area contributed by atoms with Crippen molar-refractivity contribution in [3.05, 3.63) is 42.1 Å². The van der Waals surface area contributed by atoms with Crippen LogP contribution in [-0.4, -0.2) is 62.9 Å². The number of ether oxygens (including phenoxy) is 2. The molecular formula is C22H28N4O4. The Balaban J connectivity index is 1.54. The van der Waals surface area contributed by atoms with Crippen molar-refractivity contribution in [2.24, 2.45) is 7.05 Å². The lowest BCUT2D eigenvalue weighted by atomic mass is 9.91. The monoisotopic (exact) mass is 412 g/mol. The van der Waals surface area contributed by atoms with Crippen LogP contribution in [0.3, 0.4) is 0 Å². The van der Waals surface area contributed by atoms with Gasteiger partial charge in [0.15, 0.2) is 0 Å². The van der Waals surface area contributed by atoms with E-state index in [1.807, 2.05) is 52.4 Å². The number of aliphatic hydroxyl groups is 1. The number of carbonyl (C=O) groups excluding carboxylic acids is 1. The highest BCUT2D eigenvalue weighted by atomic mass is 16.5. The van der Waals surface area contributed by atoms with E-state index < -0.39 is 5.60 Å². The molecule has 1 N–H and O–H groups in total. The molecule has 0 atom stereocenters. The standard InChI is InChI=1S/C22H28N4O4/c1-15-23-7-10-26(15)14-22(28)5-8-25(9-6-22)21(27)19-13-17-18(24(19)2)11-16(29-3)12-20(17)30-4/h7,10-13,28H,5-6,8-9,14H2,1-4H3. The Morgan fingerprint density at radius 1 is 1.20 bits per heavy atom. The minimum atomic E-state index is -0.836. The number of rotatable bonds is 5. The van der Waals surface area contributed by atoms with E-state index in [0.717, 1.165) is 16.7 Å². The third kappa shape index (κ3) is 3.52. The number of piperidine rings is 1. The van der Waals surface area contributed by atoms with Gasteiger partial charge in [-0.15, -0.1) is 0 Å². The van der Waals surface area contributed by atoms with Gasteiger partial charge >= 0.3 is 0 Å². The highest BCUT2D eigenvalue weighted by Gasteiger charge is 2.35. The largest absolute Gasteiger partial charge is 0.497 e. The summed E-state index contributed by atoms with van der Waals surface area (Å²) in [6.07, 6.45) is 4.66. The van der Waals surface area contributed by atoms with E-state index in [1.165, 1.54) is 0 Å². The van der Waals surface area contributed by atoms with Gasteiger partial charge in [-0.05, 0) is 25.8 Å². The first kappa shape index (κ1) is 20.3. The van der Waals surface area contributed by atoms with Gasteiger partial charge in [0.25, 0.3) is 5.91 Å². The summed E-state index contributed by atoms with van der Waals surface area (Å²) in [4.78, 5) is 19.3. The smallest absolute Gasteiger partial charge is 0.270 e. The number of fused-ring (bicyclic) bond motifs is 1. The number of hydrogen-bond acceptors (Lipinski definition) is 5. The number of nitrogens with zero attached hydrogens (tertiary/aromatic N) is 4. The van der Waals surface area contributed by atoms with Crippen LogP contribution < -0.4 is 9.47 Å². The van der Waals surface area contributed by atoms with E-state index in [2.05, 4.69) is 4.98 Å². The molecule has 0 radical (unpaired) electrons. The number of likely N-dealkylation sites (tertiary alicyclic amines) is 1. The fourth-order valence-electron chi connectivity index (χ4n) is 4.20. The number of aromatic nitrogens is 3. The number of imidazole rings is 1. The molecule has 1 fully saturated rings. The Bertz CT molecular complexity index is 1080. The minimum absolute atomic E-state index is 0.0458. The van der Waals surface area contributed by atoms with Gasteiger partial charge in [0.2, 0.25) is 0 Å². The van der Waals surface area contributed by atoms with E-state index in [1.54, 1.807) is 20.4 Å². The first-order valence-corrected chi connectivity index (χ1v) is 10.1. The van der Waals surface area contributed by atoms with Crippen LogP contribution >= 0.6 is 0 Å². The molecule has 1 saturated heterocycles. The fraction of sp³-hybridized carbons (Fsp3) is 0.455. The summed E-state index contributed by atoms with van der Waals surface area (Å²) < 4.78 is 14.7. The van der Waals surface area contributed by atoms with Crippen molar-refractivity contribution in [3.8, 4) is 11.5 Å². The average Bonchev–Trinajstić information content (AvgIpc) is 3.30. The Morgan fingerprint density at radius 2 is 1.93 bits per heavy atom. The molecule has 0 bridgehead atoms. The van der Waals surface area contributed by atoms with Gasteiger partial charge in [0, 0.05) is 50.0 Å². The van der Waals surface area contributed by atoms with E-state index >= 15 is 0 Å². The van der Waals surface area contributed by atoms with Crippen molar-refractivity contribution in [2.75, 3.05) is 27.3 Å². The Labute approximate surface area is 175 Å². The van der Waals surface area contributed by atoms with Crippen molar-refractivity contribution in [3.63, 3.8) is 0 Å². The third-order valence-corrected chi connectivity index (χ3v) is 6.14. The highest BCUT2D eigenvalue weighted by Crippen LogP contribution is 2.34. The summed E-state index contributed by atoms with van der Waals surface area (Å²) in [5.74, 6) is 2.18. The molecule has 3 aromatic rings. The number of carbonyl (C=O) groups is 1. The second-order valence-corrected chi connectivity index (χ2v) is 7.97. The lowest BCUT2D eigenvalue weighted by Crippen LogP contribution is -2.49. The van der Waals surface area contributed by atoms with Gasteiger partial charge < -0.3 is 28.6 Å². The van der Waals surface area contributed by atoms with Crippen molar-refractivity contribution in [1.82, 2.24) is 19.0 Å². The molecule has 8 nitrogen and oxygen atoms in total. The van der Waals surface area contributed by atoms with Crippen LogP contribution in [0.5, 0.6) is 11.5 Å². The van der Waals surface area contributed by atoms with E-state index in [4.69, 9.17) is 9.47 Å². The molecule has 1 aliphatic rings. The Hall–Kier alpha value is -3.00. The first-order valence-electron chi connectivity index (χ1n) is 10.1. The third-order valence-electron chi connectivity index (χ3n) is 6.14. The van der Waals surface area contributed by atoms with Crippen molar-refractivity contribution in [2.45, 2.75) is 31.9 Å². The van der Waals surface area contributed by atoms with Crippen LogP contribution in [0.25, 0.3) is 10.9 Å². The molecule has 0 spiro atoms. The van der Waals surface area contributed by atoms with Gasteiger partial charge in [-0.25, -0.2) is 4.98 Å². The molecule has 0 saturated carbocycles. The Kier molecular flexibility index (Phi) is 5.19. The number of aryl methyl sites for hydroxylation is 2. The number of amides is 1. The quantitative estimate of drug-likeness (QED) is 0.696. The first-order chi connectivity index (χ1) is 14.3. The molecule has 3 heterocycles. The lowest BCUT2D eigenvalue weighted by Gasteiger charge is -2.38. The molecule has 2 aromatic heterocycles. The number of hydrogen-bond donors (Lipinski definition) is 1. The van der Waals surface area contributed by atoms with Crippen LogP contribution in [0.4, 0.5) is 0 Å². The summed E-state index contributed by atoms with van der Waals surface area (Å²) in [5, 5.41) is 11.9. The van der Waals surface area contributed by atoms with E-state index in [-0.39, 0.29) is 5.91 Å². The average molecular weight is 412 g/mol. The van der Waals surface area contributed by atoms with E-state index in [0.29, 0.717) is 49.7 Å². The highest BCUT2D eigenvalue weighted by molar-refractivity contribution is 6.01. The maximum absolute atomic E-state index is 13.3. The van der Waals surface area contributed by atoms with Crippen LogP contribution in [0, 0.1) is 6.92 Å². The number of benzene rings is 1. The lowest BCUT2D eigenvalue weighted by molar-refractivity contribution is -0.0297. The molecule has 160 valence electrons.